The molecule has 7 heterocycles. The van der Waals surface area contributed by atoms with Crippen LogP contribution in [0.1, 0.15) is 87.4 Å². The van der Waals surface area contributed by atoms with Crippen LogP contribution in [-0.2, 0) is 24.9 Å². The molecular weight excluding hydrogens is 593 g/mol. The summed E-state index contributed by atoms with van der Waals surface area (Å²) in [6.45, 7) is 7.40. The number of nitriles is 1. The van der Waals surface area contributed by atoms with E-state index in [1.165, 1.54) is 27.3 Å². The van der Waals surface area contributed by atoms with Crippen molar-refractivity contribution in [3.8, 4) is 6.07 Å². The fraction of sp³-hybridized carbons (Fsp3) is 0.543. The highest BCUT2D eigenvalue weighted by molar-refractivity contribution is 5.88. The number of alkyl halides is 2. The molecule has 3 aromatic rings. The quantitative estimate of drug-likeness (QED) is 0.333. The summed E-state index contributed by atoms with van der Waals surface area (Å²) in [5, 5.41) is 13.4. The van der Waals surface area contributed by atoms with E-state index in [2.05, 4.69) is 34.8 Å². The molecule has 9 rings (SSSR count). The maximum atomic E-state index is 16.2. The first-order chi connectivity index (χ1) is 22.0. The molecule has 5 aliphatic heterocycles. The molecule has 1 N–H and O–H groups in total. The van der Waals surface area contributed by atoms with Gasteiger partial charge in [0.25, 0.3) is 11.5 Å². The van der Waals surface area contributed by atoms with Crippen molar-refractivity contribution in [2.75, 3.05) is 18.4 Å². The van der Waals surface area contributed by atoms with Gasteiger partial charge in [-0.1, -0.05) is 43.5 Å². The molecule has 8 nitrogen and oxygen atoms in total. The number of piperidine rings is 1. The molecule has 1 aliphatic carbocycles. The summed E-state index contributed by atoms with van der Waals surface area (Å²) in [5.41, 5.74) is -1.93. The lowest BCUT2D eigenvalue weighted by Crippen LogP contribution is -2.43. The Balaban J connectivity index is 1.50. The number of nitrogens with zero attached hydrogens (tertiary/aromatic N) is 5. The Hall–Kier alpha value is -3.91. The van der Waals surface area contributed by atoms with Crippen LogP contribution >= 0.6 is 0 Å². The van der Waals surface area contributed by atoms with Gasteiger partial charge in [0.15, 0.2) is 0 Å². The summed E-state index contributed by atoms with van der Waals surface area (Å²) < 4.78 is 51.1. The van der Waals surface area contributed by atoms with E-state index >= 15 is 13.2 Å². The summed E-state index contributed by atoms with van der Waals surface area (Å²) in [7, 11) is 1.57. The third kappa shape index (κ3) is 5.55. The first-order valence-electron chi connectivity index (χ1n) is 16.4. The van der Waals surface area contributed by atoms with Crippen LogP contribution in [0, 0.1) is 23.1 Å². The molecule has 1 saturated heterocycles. The highest BCUT2D eigenvalue weighted by atomic mass is 19.3. The summed E-state index contributed by atoms with van der Waals surface area (Å²) >= 11 is 0. The number of anilines is 1. The number of aromatic nitrogens is 3. The standard InChI is InChI=1S/C35H41F3N6O2/c1-4-28-24-11-9-12-26(29(24)36)35(37,38)23-13-18-43(19-14-23)22(2)10-7-5-6-8-17-44-31-25(30(40-28)41-33(44)46)20-27(32(45)42(31)3)34(21-39)15-16-34/h4,9,11-12,20,22-23,28H,1,5-8,10,13-19H2,2-3H3,(H,40,41,46)/t22?,28-/m1/s1. The van der Waals surface area contributed by atoms with E-state index in [0.29, 0.717) is 55.5 Å². The van der Waals surface area contributed by atoms with Gasteiger partial charge >= 0.3 is 5.69 Å². The van der Waals surface area contributed by atoms with Crippen molar-refractivity contribution in [3.05, 3.63) is 80.3 Å². The van der Waals surface area contributed by atoms with Crippen LogP contribution in [0.2, 0.25) is 0 Å². The topological polar surface area (TPSA) is 96.0 Å². The molecule has 1 aromatic carbocycles. The molecule has 2 aromatic heterocycles. The number of pyridine rings is 1. The maximum Gasteiger partial charge on any atom is 0.351 e. The Morgan fingerprint density at radius 2 is 1.78 bits per heavy atom. The molecule has 6 bridgehead atoms. The van der Waals surface area contributed by atoms with Crippen LogP contribution in [0.4, 0.5) is 19.0 Å². The third-order valence-electron chi connectivity index (χ3n) is 10.5. The SMILES string of the molecule is C=C[C@H]1Nc2nc(=O)n(c3c2cc(C2(C#N)CC2)c(=O)n3C)CCCCCCC(C)N2CCC(CC2)C(F)(F)c2cccc1c2F. The number of hydrogen-bond acceptors (Lipinski definition) is 6. The van der Waals surface area contributed by atoms with Gasteiger partial charge in [0.2, 0.25) is 0 Å². The number of nitrogens with one attached hydrogen (secondary N) is 1. The lowest BCUT2D eigenvalue weighted by atomic mass is 9.84. The van der Waals surface area contributed by atoms with Crippen LogP contribution in [-0.4, -0.2) is 38.1 Å². The lowest BCUT2D eigenvalue weighted by molar-refractivity contribution is -0.0907. The van der Waals surface area contributed by atoms with Gasteiger partial charge in [-0.25, -0.2) is 18.0 Å². The molecule has 244 valence electrons. The zero-order valence-electron chi connectivity index (χ0n) is 26.5. The molecule has 0 spiro atoms. The molecule has 2 atom stereocenters. The molecule has 11 heteroatoms. The highest BCUT2D eigenvalue weighted by Gasteiger charge is 2.48. The van der Waals surface area contributed by atoms with E-state index < -0.39 is 40.4 Å². The van der Waals surface area contributed by atoms with Crippen LogP contribution in [0.25, 0.3) is 11.0 Å². The minimum atomic E-state index is -3.38. The fourth-order valence-corrected chi connectivity index (χ4v) is 7.38. The summed E-state index contributed by atoms with van der Waals surface area (Å²) in [6.07, 6.45) is 7.43. The van der Waals surface area contributed by atoms with E-state index in [9.17, 15) is 14.9 Å². The van der Waals surface area contributed by atoms with Crippen molar-refractivity contribution in [2.24, 2.45) is 13.0 Å². The van der Waals surface area contributed by atoms with Crippen molar-refractivity contribution >= 4 is 16.9 Å². The smallest absolute Gasteiger partial charge is 0.351 e. The minimum absolute atomic E-state index is 0.0519. The van der Waals surface area contributed by atoms with E-state index in [-0.39, 0.29) is 35.8 Å². The molecule has 0 radical (unpaired) electrons. The first kappa shape index (κ1) is 32.0. The van der Waals surface area contributed by atoms with E-state index in [4.69, 9.17) is 0 Å². The highest BCUT2D eigenvalue weighted by Crippen LogP contribution is 2.47. The Bertz CT molecular complexity index is 1810. The van der Waals surface area contributed by atoms with Crippen LogP contribution in [0.5, 0.6) is 0 Å². The largest absolute Gasteiger partial charge is 0.359 e. The zero-order chi connectivity index (χ0) is 32.8. The second-order valence-corrected chi connectivity index (χ2v) is 13.3. The Morgan fingerprint density at radius 1 is 1.07 bits per heavy atom. The summed E-state index contributed by atoms with van der Waals surface area (Å²) in [6, 6.07) is 7.11. The molecule has 6 aliphatic rings. The lowest BCUT2D eigenvalue weighted by Gasteiger charge is -2.39. The van der Waals surface area contributed by atoms with E-state index in [1.54, 1.807) is 13.1 Å². The van der Waals surface area contributed by atoms with Gasteiger partial charge in [-0.15, -0.1) is 6.58 Å². The summed E-state index contributed by atoms with van der Waals surface area (Å²) in [5.74, 6) is -5.33. The van der Waals surface area contributed by atoms with Gasteiger partial charge in [0.1, 0.15) is 17.3 Å². The van der Waals surface area contributed by atoms with E-state index in [1.807, 2.05) is 0 Å². The number of rotatable bonds is 2. The minimum Gasteiger partial charge on any atom is -0.359 e. The average Bonchev–Trinajstić information content (AvgIpc) is 3.85. The molecule has 2 fully saturated rings. The van der Waals surface area contributed by atoms with Gasteiger partial charge in [-0.2, -0.15) is 10.2 Å². The molecule has 0 amide bonds. The van der Waals surface area contributed by atoms with Crippen molar-refractivity contribution in [1.29, 1.82) is 5.26 Å². The summed E-state index contributed by atoms with van der Waals surface area (Å²) in [4.78, 5) is 33.7. The van der Waals surface area contributed by atoms with Crippen LogP contribution < -0.4 is 16.6 Å². The number of benzene rings is 1. The van der Waals surface area contributed by atoms with Crippen molar-refractivity contribution in [3.63, 3.8) is 0 Å². The van der Waals surface area contributed by atoms with Gasteiger partial charge < -0.3 is 10.2 Å². The first-order valence-corrected chi connectivity index (χ1v) is 16.4. The number of hydrogen-bond donors (Lipinski definition) is 1. The zero-order valence-corrected chi connectivity index (χ0v) is 26.5. The number of halogens is 3. The van der Waals surface area contributed by atoms with Crippen molar-refractivity contribution < 1.29 is 13.2 Å². The van der Waals surface area contributed by atoms with Crippen molar-refractivity contribution in [2.45, 2.75) is 94.7 Å². The van der Waals surface area contributed by atoms with Crippen molar-refractivity contribution in [1.82, 2.24) is 19.0 Å². The number of aryl methyl sites for hydroxylation is 2. The third-order valence-corrected chi connectivity index (χ3v) is 10.5. The Morgan fingerprint density at radius 3 is 2.46 bits per heavy atom. The van der Waals surface area contributed by atoms with E-state index in [0.717, 1.165) is 31.7 Å². The Kier molecular flexibility index (Phi) is 8.61. The van der Waals surface area contributed by atoms with Crippen LogP contribution in [0.3, 0.4) is 0 Å². The second kappa shape index (κ2) is 12.4. The van der Waals surface area contributed by atoms with Gasteiger partial charge in [-0.05, 0) is 64.6 Å². The van der Waals surface area contributed by atoms with Gasteiger partial charge in [0.05, 0.1) is 28.5 Å². The van der Waals surface area contributed by atoms with Crippen LogP contribution in [0.15, 0.2) is 46.5 Å². The monoisotopic (exact) mass is 634 g/mol. The average molecular weight is 635 g/mol. The molecular formula is C35H41F3N6O2. The molecule has 1 saturated carbocycles. The van der Waals surface area contributed by atoms with Gasteiger partial charge in [-0.3, -0.25) is 13.9 Å². The predicted molar refractivity (Wildman–Crippen MR) is 171 cm³/mol. The maximum absolute atomic E-state index is 16.2. The molecule has 1 unspecified atom stereocenters. The predicted octanol–water partition coefficient (Wildman–Crippen LogP) is 6.29. The Labute approximate surface area is 266 Å². The fourth-order valence-electron chi connectivity index (χ4n) is 7.38. The van der Waals surface area contributed by atoms with Gasteiger partial charge in [0, 0.05) is 36.7 Å². The second-order valence-electron chi connectivity index (χ2n) is 13.3. The normalized spacial score (nSPS) is 26.1. The molecule has 46 heavy (non-hydrogen) atoms.